The first-order valence-corrected chi connectivity index (χ1v) is 7.76. The molecule has 0 saturated heterocycles. The molecule has 0 aliphatic heterocycles. The number of nitrogens with one attached hydrogen (secondary N) is 4. The number of fused-ring (bicyclic) bond motifs is 1. The maximum atomic E-state index is 4.38. The average molecular weight is 325 g/mol. The van der Waals surface area contributed by atoms with Crippen LogP contribution in [0.4, 0.5) is 17.8 Å². The summed E-state index contributed by atoms with van der Waals surface area (Å²) >= 11 is 0. The molecule has 9 heteroatoms. The fourth-order valence-electron chi connectivity index (χ4n) is 2.08. The second-order valence-corrected chi connectivity index (χ2v) is 4.87. The van der Waals surface area contributed by atoms with Crippen LogP contribution in [0.3, 0.4) is 0 Å². The maximum Gasteiger partial charge on any atom is 0.228 e. The Morgan fingerprint density at radius 2 is 1.71 bits per heavy atom. The first-order valence-electron chi connectivity index (χ1n) is 7.76. The number of nitrogens with zero attached hydrogens (tertiary/aromatic N) is 5. The summed E-state index contributed by atoms with van der Waals surface area (Å²) in [5, 5.41) is 10.3. The lowest BCUT2D eigenvalue weighted by molar-refractivity contribution is 0.988. The molecule has 0 aliphatic rings. The second kappa shape index (κ2) is 7.36. The SMILES string of the molecule is CCNc1nc(C=NNc2nc3ccccc3[nH]2)nc(NCC)n1. The molecule has 0 bridgehead atoms. The molecule has 0 spiro atoms. The van der Waals surface area contributed by atoms with Gasteiger partial charge in [0, 0.05) is 13.1 Å². The van der Waals surface area contributed by atoms with Crippen LogP contribution in [0.25, 0.3) is 11.0 Å². The maximum absolute atomic E-state index is 4.38. The summed E-state index contributed by atoms with van der Waals surface area (Å²) in [6.07, 6.45) is 1.52. The van der Waals surface area contributed by atoms with Gasteiger partial charge in [0.05, 0.1) is 17.2 Å². The minimum Gasteiger partial charge on any atom is -0.354 e. The zero-order valence-corrected chi connectivity index (χ0v) is 13.5. The smallest absolute Gasteiger partial charge is 0.228 e. The van der Waals surface area contributed by atoms with E-state index in [1.165, 1.54) is 6.21 Å². The van der Waals surface area contributed by atoms with E-state index in [9.17, 15) is 0 Å². The van der Waals surface area contributed by atoms with Crippen molar-refractivity contribution in [1.29, 1.82) is 0 Å². The minimum atomic E-state index is 0.445. The predicted octanol–water partition coefficient (Wildman–Crippen LogP) is 2.06. The number of hydrogen-bond acceptors (Lipinski definition) is 8. The first kappa shape index (κ1) is 15.7. The summed E-state index contributed by atoms with van der Waals surface area (Å²) in [6.45, 7) is 5.41. The predicted molar refractivity (Wildman–Crippen MR) is 95.5 cm³/mol. The molecule has 2 heterocycles. The molecule has 4 N–H and O–H groups in total. The largest absolute Gasteiger partial charge is 0.354 e. The Hall–Kier alpha value is -3.23. The minimum absolute atomic E-state index is 0.445. The van der Waals surface area contributed by atoms with Gasteiger partial charge in [-0.3, -0.25) is 0 Å². The summed E-state index contributed by atoms with van der Waals surface area (Å²) in [5.74, 6) is 2.02. The van der Waals surface area contributed by atoms with E-state index in [4.69, 9.17) is 0 Å². The van der Waals surface area contributed by atoms with E-state index in [-0.39, 0.29) is 0 Å². The Morgan fingerprint density at radius 1 is 1.00 bits per heavy atom. The van der Waals surface area contributed by atoms with Gasteiger partial charge in [-0.2, -0.15) is 20.1 Å². The third kappa shape index (κ3) is 3.75. The second-order valence-electron chi connectivity index (χ2n) is 4.87. The molecule has 124 valence electrons. The van der Waals surface area contributed by atoms with Crippen LogP contribution in [0, 0.1) is 0 Å². The van der Waals surface area contributed by atoms with Gasteiger partial charge in [-0.25, -0.2) is 10.4 Å². The summed E-state index contributed by atoms with van der Waals surface area (Å²) in [6, 6.07) is 7.77. The van der Waals surface area contributed by atoms with Gasteiger partial charge in [0.15, 0.2) is 5.82 Å². The van der Waals surface area contributed by atoms with Gasteiger partial charge >= 0.3 is 0 Å². The van der Waals surface area contributed by atoms with Gasteiger partial charge in [0.2, 0.25) is 17.8 Å². The summed E-state index contributed by atoms with van der Waals surface area (Å²) in [5.41, 5.74) is 4.67. The molecule has 3 aromatic rings. The van der Waals surface area contributed by atoms with E-state index in [1.807, 2.05) is 38.1 Å². The van der Waals surface area contributed by atoms with E-state index < -0.39 is 0 Å². The molecule has 2 aromatic heterocycles. The van der Waals surface area contributed by atoms with E-state index in [0.29, 0.717) is 23.7 Å². The van der Waals surface area contributed by atoms with Gasteiger partial charge in [-0.15, -0.1) is 0 Å². The van der Waals surface area contributed by atoms with E-state index in [0.717, 1.165) is 24.1 Å². The number of benzene rings is 1. The monoisotopic (exact) mass is 325 g/mol. The van der Waals surface area contributed by atoms with E-state index in [1.54, 1.807) is 0 Å². The average Bonchev–Trinajstić information content (AvgIpc) is 2.98. The van der Waals surface area contributed by atoms with Crippen molar-refractivity contribution in [1.82, 2.24) is 24.9 Å². The summed E-state index contributed by atoms with van der Waals surface area (Å²) in [4.78, 5) is 20.3. The first-order chi connectivity index (χ1) is 11.8. The third-order valence-electron chi connectivity index (χ3n) is 3.06. The normalized spacial score (nSPS) is 11.1. The van der Waals surface area contributed by atoms with Crippen molar-refractivity contribution in [2.24, 2.45) is 5.10 Å². The Morgan fingerprint density at radius 3 is 2.38 bits per heavy atom. The Bertz CT molecular complexity index is 783. The van der Waals surface area contributed by atoms with Gasteiger partial charge in [0.1, 0.15) is 0 Å². The topological polar surface area (TPSA) is 116 Å². The summed E-state index contributed by atoms with van der Waals surface area (Å²) in [7, 11) is 0. The van der Waals surface area contributed by atoms with Crippen molar-refractivity contribution in [3.8, 4) is 0 Å². The van der Waals surface area contributed by atoms with Crippen LogP contribution < -0.4 is 16.1 Å². The quantitative estimate of drug-likeness (QED) is 0.388. The molecular formula is C15H19N9. The molecular weight excluding hydrogens is 306 g/mol. The van der Waals surface area contributed by atoms with Crippen LogP contribution in [0.1, 0.15) is 19.7 Å². The third-order valence-corrected chi connectivity index (χ3v) is 3.06. The number of hydrazone groups is 1. The molecule has 0 radical (unpaired) electrons. The fourth-order valence-corrected chi connectivity index (χ4v) is 2.08. The van der Waals surface area contributed by atoms with Crippen LogP contribution >= 0.6 is 0 Å². The molecule has 3 rings (SSSR count). The number of aromatic nitrogens is 5. The van der Waals surface area contributed by atoms with Gasteiger partial charge in [-0.1, -0.05) is 12.1 Å². The molecule has 0 saturated carbocycles. The number of para-hydroxylation sites is 2. The molecule has 0 atom stereocenters. The fraction of sp³-hybridized carbons (Fsp3) is 0.267. The molecule has 9 nitrogen and oxygen atoms in total. The van der Waals surface area contributed by atoms with Crippen molar-refractivity contribution in [3.05, 3.63) is 30.1 Å². The summed E-state index contributed by atoms with van der Waals surface area (Å²) < 4.78 is 0. The number of hydrogen-bond donors (Lipinski definition) is 4. The molecule has 1 aromatic carbocycles. The van der Waals surface area contributed by atoms with Crippen LogP contribution in [-0.2, 0) is 0 Å². The zero-order chi connectivity index (χ0) is 16.8. The van der Waals surface area contributed by atoms with Crippen molar-refractivity contribution in [2.45, 2.75) is 13.8 Å². The lowest BCUT2D eigenvalue weighted by atomic mass is 10.3. The lowest BCUT2D eigenvalue weighted by Gasteiger charge is -2.06. The van der Waals surface area contributed by atoms with E-state index in [2.05, 4.69) is 46.1 Å². The highest BCUT2D eigenvalue weighted by Gasteiger charge is 2.04. The highest BCUT2D eigenvalue weighted by atomic mass is 15.4. The van der Waals surface area contributed by atoms with Gasteiger partial charge in [-0.05, 0) is 26.0 Å². The number of rotatable bonds is 7. The number of imidazole rings is 1. The van der Waals surface area contributed by atoms with Crippen LogP contribution in [-0.4, -0.2) is 44.2 Å². The Kier molecular flexibility index (Phi) is 4.80. The Balaban J connectivity index is 1.75. The Labute approximate surface area is 139 Å². The molecule has 0 aliphatic carbocycles. The van der Waals surface area contributed by atoms with Crippen molar-refractivity contribution in [3.63, 3.8) is 0 Å². The molecule has 0 unspecified atom stereocenters. The lowest BCUT2D eigenvalue weighted by Crippen LogP contribution is -2.11. The molecule has 0 fully saturated rings. The van der Waals surface area contributed by atoms with E-state index >= 15 is 0 Å². The number of aromatic amines is 1. The number of anilines is 3. The van der Waals surface area contributed by atoms with Crippen molar-refractivity contribution in [2.75, 3.05) is 29.1 Å². The highest BCUT2D eigenvalue weighted by molar-refractivity contribution is 5.78. The van der Waals surface area contributed by atoms with Crippen LogP contribution in [0.5, 0.6) is 0 Å². The highest BCUT2D eigenvalue weighted by Crippen LogP contribution is 2.13. The van der Waals surface area contributed by atoms with Crippen LogP contribution in [0.2, 0.25) is 0 Å². The van der Waals surface area contributed by atoms with Gasteiger partial charge < -0.3 is 15.6 Å². The van der Waals surface area contributed by atoms with Gasteiger partial charge in [0.25, 0.3) is 0 Å². The molecule has 24 heavy (non-hydrogen) atoms. The zero-order valence-electron chi connectivity index (χ0n) is 13.5. The number of H-pyrrole nitrogens is 1. The van der Waals surface area contributed by atoms with Crippen molar-refractivity contribution >= 4 is 35.1 Å². The standard InChI is InChI=1S/C15H19N9/c1-3-16-13-21-12(22-14(23-13)17-4-2)9-18-24-15-19-10-7-5-6-8-11(10)20-15/h5-9H,3-4H2,1-2H3,(H2,19,20,24)(H2,16,17,21,22,23). The van der Waals surface area contributed by atoms with Crippen molar-refractivity contribution < 1.29 is 0 Å². The van der Waals surface area contributed by atoms with Crippen LogP contribution in [0.15, 0.2) is 29.4 Å². The molecule has 0 amide bonds.